The molecule has 1 aliphatic rings. The minimum atomic E-state index is -0.933. The first kappa shape index (κ1) is 22.7. The summed E-state index contributed by atoms with van der Waals surface area (Å²) in [6.45, 7) is 4.44. The average molecular weight is 393 g/mol. The zero-order valence-electron chi connectivity index (χ0n) is 17.6. The highest BCUT2D eigenvalue weighted by Crippen LogP contribution is 2.32. The summed E-state index contributed by atoms with van der Waals surface area (Å²) in [5, 5.41) is 0. The van der Waals surface area contributed by atoms with Gasteiger partial charge >= 0.3 is 5.97 Å². The van der Waals surface area contributed by atoms with Gasteiger partial charge in [0.15, 0.2) is 0 Å². The zero-order valence-corrected chi connectivity index (χ0v) is 17.6. The minimum Gasteiger partial charge on any atom is -0.491 e. The van der Waals surface area contributed by atoms with E-state index in [4.69, 9.17) is 9.47 Å². The Hall–Kier alpha value is -1.58. The molecule has 0 N–H and O–H groups in total. The Morgan fingerprint density at radius 3 is 2.32 bits per heavy atom. The monoisotopic (exact) mass is 392 g/mol. The fourth-order valence-electron chi connectivity index (χ4n) is 3.96. The van der Waals surface area contributed by atoms with Crippen LogP contribution < -0.4 is 9.47 Å². The summed E-state index contributed by atoms with van der Waals surface area (Å²) < 4.78 is 24.9. The van der Waals surface area contributed by atoms with Gasteiger partial charge in [0.2, 0.25) is 0 Å². The van der Waals surface area contributed by atoms with Crippen molar-refractivity contribution in [3.8, 4) is 11.5 Å². The fraction of sp³-hybridized carbons (Fsp3) is 0.708. The average Bonchev–Trinajstić information content (AvgIpc) is 2.71. The third-order valence-corrected chi connectivity index (χ3v) is 5.72. The molecule has 1 aromatic rings. The molecule has 0 aromatic heterocycles. The van der Waals surface area contributed by atoms with Crippen molar-refractivity contribution < 1.29 is 18.7 Å². The number of alkyl halides is 1. The highest BCUT2D eigenvalue weighted by atomic mass is 19.1. The lowest BCUT2D eigenvalue weighted by molar-refractivity contribution is -0.140. The molecule has 2 rings (SSSR count). The second-order valence-electron chi connectivity index (χ2n) is 8.16. The van der Waals surface area contributed by atoms with Gasteiger partial charge < -0.3 is 9.47 Å². The number of benzene rings is 1. The lowest BCUT2D eigenvalue weighted by atomic mass is 9.80. The summed E-state index contributed by atoms with van der Waals surface area (Å²) in [7, 11) is 0. The van der Waals surface area contributed by atoms with E-state index in [0.717, 1.165) is 57.3 Å². The van der Waals surface area contributed by atoms with Crippen molar-refractivity contribution in [2.45, 2.75) is 90.6 Å². The van der Waals surface area contributed by atoms with Gasteiger partial charge in [-0.3, -0.25) is 4.79 Å². The maximum Gasteiger partial charge on any atom is 0.314 e. The molecule has 0 radical (unpaired) electrons. The van der Waals surface area contributed by atoms with E-state index in [0.29, 0.717) is 17.9 Å². The van der Waals surface area contributed by atoms with Gasteiger partial charge in [0.05, 0.1) is 5.92 Å². The second kappa shape index (κ2) is 12.8. The molecule has 0 aliphatic heterocycles. The minimum absolute atomic E-state index is 0.0176. The van der Waals surface area contributed by atoms with E-state index in [-0.39, 0.29) is 18.5 Å². The van der Waals surface area contributed by atoms with Crippen molar-refractivity contribution in [1.29, 1.82) is 0 Å². The third kappa shape index (κ3) is 8.20. The van der Waals surface area contributed by atoms with Crippen molar-refractivity contribution >= 4 is 5.97 Å². The van der Waals surface area contributed by atoms with E-state index in [2.05, 4.69) is 13.8 Å². The van der Waals surface area contributed by atoms with Crippen LogP contribution in [0.1, 0.15) is 84.5 Å². The molecule has 4 heteroatoms. The van der Waals surface area contributed by atoms with Crippen LogP contribution in [0.15, 0.2) is 24.3 Å². The van der Waals surface area contributed by atoms with E-state index in [1.54, 1.807) is 24.3 Å². The van der Waals surface area contributed by atoms with E-state index in [9.17, 15) is 9.18 Å². The molecule has 1 saturated carbocycles. The van der Waals surface area contributed by atoms with Gasteiger partial charge in [-0.25, -0.2) is 4.39 Å². The van der Waals surface area contributed by atoms with Gasteiger partial charge in [-0.05, 0) is 62.3 Å². The molecule has 0 spiro atoms. The summed E-state index contributed by atoms with van der Waals surface area (Å²) in [5.74, 6) is 1.81. The standard InChI is InChI=1S/C24H37FO3/c1-3-5-6-7-9-21(25)18-27-22-14-16-23(17-15-22)28-24(26)20-12-10-19(8-4-2)11-13-20/h14-17,19-21H,3-13,18H2,1-2H3/t19-,20-,21?. The van der Waals surface area contributed by atoms with Crippen LogP contribution in [0.25, 0.3) is 0 Å². The van der Waals surface area contributed by atoms with Gasteiger partial charge in [-0.2, -0.15) is 0 Å². The van der Waals surface area contributed by atoms with Crippen LogP contribution in [0.5, 0.6) is 11.5 Å². The van der Waals surface area contributed by atoms with Gasteiger partial charge in [0.1, 0.15) is 24.3 Å². The first-order chi connectivity index (χ1) is 13.6. The number of rotatable bonds is 12. The Bertz CT molecular complexity index is 549. The lowest BCUT2D eigenvalue weighted by Crippen LogP contribution is -2.25. The van der Waals surface area contributed by atoms with Crippen LogP contribution in [0.3, 0.4) is 0 Å². The van der Waals surface area contributed by atoms with Gasteiger partial charge in [0, 0.05) is 0 Å². The van der Waals surface area contributed by atoms with Crippen molar-refractivity contribution in [2.75, 3.05) is 6.61 Å². The Morgan fingerprint density at radius 1 is 1.00 bits per heavy atom. The maximum absolute atomic E-state index is 13.9. The predicted octanol–water partition coefficient (Wildman–Crippen LogP) is 6.89. The number of unbranched alkanes of at least 4 members (excludes halogenated alkanes) is 3. The zero-order chi connectivity index (χ0) is 20.2. The van der Waals surface area contributed by atoms with Crippen LogP contribution in [-0.4, -0.2) is 18.7 Å². The molecule has 0 amide bonds. The Labute approximate surface area is 170 Å². The highest BCUT2D eigenvalue weighted by molar-refractivity contribution is 5.75. The van der Waals surface area contributed by atoms with E-state index in [1.807, 2.05) is 0 Å². The summed E-state index contributed by atoms with van der Waals surface area (Å²) in [4.78, 5) is 12.4. The van der Waals surface area contributed by atoms with Crippen LogP contribution in [0, 0.1) is 11.8 Å². The molecule has 0 saturated heterocycles. The normalized spacial score (nSPS) is 20.5. The predicted molar refractivity (Wildman–Crippen MR) is 112 cm³/mol. The molecule has 1 aliphatic carbocycles. The van der Waals surface area contributed by atoms with E-state index in [1.165, 1.54) is 12.8 Å². The van der Waals surface area contributed by atoms with Gasteiger partial charge in [-0.1, -0.05) is 52.4 Å². The number of hydrogen-bond acceptors (Lipinski definition) is 3. The summed E-state index contributed by atoms with van der Waals surface area (Å²) in [6.07, 6.45) is 10.5. The smallest absolute Gasteiger partial charge is 0.314 e. The molecular formula is C24H37FO3. The number of esters is 1. The van der Waals surface area contributed by atoms with E-state index < -0.39 is 6.17 Å². The van der Waals surface area contributed by atoms with Gasteiger partial charge in [-0.15, -0.1) is 0 Å². The van der Waals surface area contributed by atoms with Gasteiger partial charge in [0.25, 0.3) is 0 Å². The molecule has 1 fully saturated rings. The van der Waals surface area contributed by atoms with Crippen LogP contribution in [0.4, 0.5) is 4.39 Å². The molecule has 1 atom stereocenters. The molecule has 0 heterocycles. The largest absolute Gasteiger partial charge is 0.491 e. The summed E-state index contributed by atoms with van der Waals surface area (Å²) >= 11 is 0. The second-order valence-corrected chi connectivity index (χ2v) is 8.16. The van der Waals surface area contributed by atoms with E-state index >= 15 is 0 Å². The van der Waals surface area contributed by atoms with Crippen molar-refractivity contribution in [2.24, 2.45) is 11.8 Å². The van der Waals surface area contributed by atoms with Crippen LogP contribution >= 0.6 is 0 Å². The summed E-state index contributed by atoms with van der Waals surface area (Å²) in [6, 6.07) is 6.93. The highest BCUT2D eigenvalue weighted by Gasteiger charge is 2.27. The topological polar surface area (TPSA) is 35.5 Å². The third-order valence-electron chi connectivity index (χ3n) is 5.72. The molecule has 0 bridgehead atoms. The molecule has 158 valence electrons. The van der Waals surface area contributed by atoms with Crippen LogP contribution in [0.2, 0.25) is 0 Å². The Kier molecular flexibility index (Phi) is 10.4. The van der Waals surface area contributed by atoms with Crippen molar-refractivity contribution in [1.82, 2.24) is 0 Å². The first-order valence-electron chi connectivity index (χ1n) is 11.2. The lowest BCUT2D eigenvalue weighted by Gasteiger charge is -2.26. The first-order valence-corrected chi connectivity index (χ1v) is 11.2. The quantitative estimate of drug-likeness (QED) is 0.221. The number of hydrogen-bond donors (Lipinski definition) is 0. The Balaban J connectivity index is 1.68. The molecule has 1 aromatic carbocycles. The maximum atomic E-state index is 13.9. The number of ether oxygens (including phenoxy) is 2. The fourth-order valence-corrected chi connectivity index (χ4v) is 3.96. The van der Waals surface area contributed by atoms with Crippen LogP contribution in [-0.2, 0) is 4.79 Å². The summed E-state index contributed by atoms with van der Waals surface area (Å²) in [5.41, 5.74) is 0. The molecule has 1 unspecified atom stereocenters. The number of carbonyl (C=O) groups is 1. The molecular weight excluding hydrogens is 355 g/mol. The molecule has 28 heavy (non-hydrogen) atoms. The molecule has 3 nitrogen and oxygen atoms in total. The Morgan fingerprint density at radius 2 is 1.68 bits per heavy atom. The SMILES string of the molecule is CCCCCCC(F)COc1ccc(OC(=O)[C@H]2CC[C@H](CCC)CC2)cc1. The number of carbonyl (C=O) groups excluding carboxylic acids is 1. The van der Waals surface area contributed by atoms with Crippen molar-refractivity contribution in [3.63, 3.8) is 0 Å². The number of halogens is 1. The van der Waals surface area contributed by atoms with Crippen molar-refractivity contribution in [3.05, 3.63) is 24.3 Å².